The van der Waals surface area contributed by atoms with E-state index in [0.29, 0.717) is 12.1 Å². The summed E-state index contributed by atoms with van der Waals surface area (Å²) in [6.45, 7) is -0.675. The standard InChI is InChI=1S/C27H23F8NO5S/c28-17-5-7-18(8-6-17)42(40,41)24(15-1-3-16(4-2-15)25(29,26(30,31)32)27(33,34)35)9-10-36(13-24)22(37)14-11-19-20(12-14)21(19)23(38)39/h1-8,14,19-21H,9-13H2,(H,38,39). The van der Waals surface area contributed by atoms with Gasteiger partial charge < -0.3 is 10.0 Å². The normalized spacial score (nSPS) is 28.0. The number of amides is 1. The van der Waals surface area contributed by atoms with E-state index in [1.165, 1.54) is 4.90 Å². The summed E-state index contributed by atoms with van der Waals surface area (Å²) in [7, 11) is -4.56. The van der Waals surface area contributed by atoms with E-state index in [0.717, 1.165) is 24.3 Å². The maximum absolute atomic E-state index is 14.6. The molecule has 3 fully saturated rings. The number of aliphatic carboxylic acids is 1. The number of hydrogen-bond donors (Lipinski definition) is 1. The lowest BCUT2D eigenvalue weighted by Gasteiger charge is -2.33. The molecular formula is C27H23F8NO5S. The number of alkyl halides is 7. The first-order chi connectivity index (χ1) is 19.3. The zero-order valence-corrected chi connectivity index (χ0v) is 22.2. The van der Waals surface area contributed by atoms with Crippen molar-refractivity contribution in [1.82, 2.24) is 4.90 Å². The number of hydrogen-bond acceptors (Lipinski definition) is 4. The van der Waals surface area contributed by atoms with Crippen LogP contribution in [0, 0.1) is 29.5 Å². The van der Waals surface area contributed by atoms with Crippen LogP contribution in [0.4, 0.5) is 35.1 Å². The first kappa shape index (κ1) is 30.2. The van der Waals surface area contributed by atoms with Gasteiger partial charge in [0, 0.05) is 24.6 Å². The highest BCUT2D eigenvalue weighted by Gasteiger charge is 2.73. The molecule has 228 valence electrons. The molecule has 2 saturated carbocycles. The van der Waals surface area contributed by atoms with Crippen molar-refractivity contribution in [3.05, 3.63) is 65.5 Å². The average molecular weight is 626 g/mol. The summed E-state index contributed by atoms with van der Waals surface area (Å²) >= 11 is 0. The number of rotatable bonds is 6. The maximum Gasteiger partial charge on any atom is 0.435 e. The quantitative estimate of drug-likeness (QED) is 0.344. The molecule has 0 radical (unpaired) electrons. The maximum atomic E-state index is 14.6. The van der Waals surface area contributed by atoms with Gasteiger partial charge in [-0.25, -0.2) is 17.2 Å². The molecule has 6 nitrogen and oxygen atoms in total. The molecule has 0 bridgehead atoms. The number of carboxylic acids is 1. The molecule has 3 atom stereocenters. The second-order valence-electron chi connectivity index (χ2n) is 11.1. The van der Waals surface area contributed by atoms with Crippen molar-refractivity contribution >= 4 is 21.7 Å². The molecule has 1 saturated heterocycles. The van der Waals surface area contributed by atoms with Gasteiger partial charge in [-0.15, -0.1) is 0 Å². The van der Waals surface area contributed by atoms with Gasteiger partial charge in [0.25, 0.3) is 0 Å². The van der Waals surface area contributed by atoms with Gasteiger partial charge in [-0.3, -0.25) is 9.59 Å². The molecule has 2 aromatic rings. The predicted molar refractivity (Wildman–Crippen MR) is 129 cm³/mol. The molecular weight excluding hydrogens is 602 g/mol. The summed E-state index contributed by atoms with van der Waals surface area (Å²) in [4.78, 5) is 25.5. The first-order valence-corrected chi connectivity index (χ1v) is 14.3. The number of likely N-dealkylation sites (tertiary alicyclic amines) is 1. The topological polar surface area (TPSA) is 91.8 Å². The molecule has 1 heterocycles. The van der Waals surface area contributed by atoms with Gasteiger partial charge in [0.05, 0.1) is 10.8 Å². The van der Waals surface area contributed by atoms with Gasteiger partial charge in [-0.2, -0.15) is 26.3 Å². The monoisotopic (exact) mass is 625 g/mol. The second kappa shape index (κ2) is 9.64. The third kappa shape index (κ3) is 4.45. The number of carboxylic acid groups (broad SMARTS) is 1. The molecule has 3 aliphatic rings. The van der Waals surface area contributed by atoms with E-state index in [1.807, 2.05) is 0 Å². The lowest BCUT2D eigenvalue weighted by Crippen LogP contribution is -2.50. The zero-order valence-electron chi connectivity index (χ0n) is 21.4. The average Bonchev–Trinajstić information content (AvgIpc) is 3.22. The fourth-order valence-corrected chi connectivity index (χ4v) is 8.66. The van der Waals surface area contributed by atoms with Crippen LogP contribution in [0.1, 0.15) is 30.4 Å². The van der Waals surface area contributed by atoms with Crippen LogP contribution in [-0.2, 0) is 29.8 Å². The van der Waals surface area contributed by atoms with Gasteiger partial charge >= 0.3 is 24.0 Å². The summed E-state index contributed by atoms with van der Waals surface area (Å²) in [5, 5.41) is 9.23. The zero-order chi connectivity index (χ0) is 31.0. The van der Waals surface area contributed by atoms with Crippen LogP contribution in [0.3, 0.4) is 0 Å². The van der Waals surface area contributed by atoms with Crippen molar-refractivity contribution < 1.29 is 58.2 Å². The van der Waals surface area contributed by atoms with Crippen molar-refractivity contribution in [2.45, 2.75) is 46.9 Å². The van der Waals surface area contributed by atoms with Crippen LogP contribution in [0.5, 0.6) is 0 Å². The molecule has 5 rings (SSSR count). The van der Waals surface area contributed by atoms with Gasteiger partial charge in [0.1, 0.15) is 10.6 Å². The van der Waals surface area contributed by atoms with Crippen LogP contribution in [-0.4, -0.2) is 55.7 Å². The van der Waals surface area contributed by atoms with Crippen molar-refractivity contribution in [3.8, 4) is 0 Å². The minimum absolute atomic E-state index is 0.145. The Morgan fingerprint density at radius 3 is 1.86 bits per heavy atom. The van der Waals surface area contributed by atoms with E-state index < -0.39 is 79.1 Å². The Kier molecular flexibility index (Phi) is 6.94. The second-order valence-corrected chi connectivity index (χ2v) is 13.3. The molecule has 0 spiro atoms. The number of fused-ring (bicyclic) bond motifs is 1. The molecule has 15 heteroatoms. The number of carbonyl (C=O) groups is 2. The third-order valence-electron chi connectivity index (χ3n) is 8.85. The predicted octanol–water partition coefficient (Wildman–Crippen LogP) is 5.37. The molecule has 1 amide bonds. The summed E-state index contributed by atoms with van der Waals surface area (Å²) < 4.78 is 134. The minimum atomic E-state index is -6.37. The third-order valence-corrected chi connectivity index (χ3v) is 11.3. The summed E-state index contributed by atoms with van der Waals surface area (Å²) in [5.74, 6) is -3.65. The molecule has 1 N–H and O–H groups in total. The number of halogens is 8. The van der Waals surface area contributed by atoms with Crippen LogP contribution in [0.15, 0.2) is 53.4 Å². The van der Waals surface area contributed by atoms with Crippen molar-refractivity contribution in [2.75, 3.05) is 13.1 Å². The molecule has 1 aliphatic heterocycles. The molecule has 2 aromatic carbocycles. The molecule has 0 aromatic heterocycles. The minimum Gasteiger partial charge on any atom is -0.481 e. The van der Waals surface area contributed by atoms with Gasteiger partial charge in [-0.05, 0) is 60.9 Å². The highest BCUT2D eigenvalue weighted by atomic mass is 32.2. The lowest BCUT2D eigenvalue weighted by molar-refractivity contribution is -0.348. The first-order valence-electron chi connectivity index (χ1n) is 12.8. The molecule has 2 aliphatic carbocycles. The van der Waals surface area contributed by atoms with E-state index >= 15 is 0 Å². The number of sulfone groups is 1. The Labute approximate surface area is 234 Å². The Morgan fingerprint density at radius 1 is 0.857 bits per heavy atom. The Bertz CT molecular complexity index is 1480. The largest absolute Gasteiger partial charge is 0.481 e. The van der Waals surface area contributed by atoms with Gasteiger partial charge in [-0.1, -0.05) is 24.3 Å². The van der Waals surface area contributed by atoms with E-state index in [-0.39, 0.29) is 55.3 Å². The van der Waals surface area contributed by atoms with Crippen LogP contribution < -0.4 is 0 Å². The number of benzene rings is 2. The molecule has 42 heavy (non-hydrogen) atoms. The van der Waals surface area contributed by atoms with Gasteiger partial charge in [0.15, 0.2) is 9.84 Å². The number of carbonyl (C=O) groups excluding carboxylic acids is 1. The Hall–Kier alpha value is -3.23. The smallest absolute Gasteiger partial charge is 0.435 e. The summed E-state index contributed by atoms with van der Waals surface area (Å²) in [6, 6.07) is 5.38. The van der Waals surface area contributed by atoms with E-state index in [4.69, 9.17) is 0 Å². The van der Waals surface area contributed by atoms with Crippen molar-refractivity contribution in [1.29, 1.82) is 0 Å². The fourth-order valence-electron chi connectivity index (χ4n) is 6.58. The van der Waals surface area contributed by atoms with Crippen LogP contribution in [0.25, 0.3) is 0 Å². The fraction of sp³-hybridized carbons (Fsp3) is 0.481. The Morgan fingerprint density at radius 2 is 1.38 bits per heavy atom. The van der Waals surface area contributed by atoms with Crippen molar-refractivity contribution in [2.24, 2.45) is 23.7 Å². The van der Waals surface area contributed by atoms with Crippen molar-refractivity contribution in [3.63, 3.8) is 0 Å². The van der Waals surface area contributed by atoms with Crippen LogP contribution in [0.2, 0.25) is 0 Å². The van der Waals surface area contributed by atoms with E-state index in [1.54, 1.807) is 0 Å². The molecule has 3 unspecified atom stereocenters. The number of nitrogens with zero attached hydrogens (tertiary/aromatic N) is 1. The summed E-state index contributed by atoms with van der Waals surface area (Å²) in [6.07, 6.45) is -12.5. The van der Waals surface area contributed by atoms with Crippen LogP contribution >= 0.6 is 0 Å². The van der Waals surface area contributed by atoms with E-state index in [9.17, 15) is 58.2 Å². The lowest BCUT2D eigenvalue weighted by atomic mass is 9.90. The highest BCUT2D eigenvalue weighted by Crippen LogP contribution is 2.60. The van der Waals surface area contributed by atoms with E-state index in [2.05, 4.69) is 0 Å². The Balaban J connectivity index is 1.51. The highest BCUT2D eigenvalue weighted by molar-refractivity contribution is 7.92. The summed E-state index contributed by atoms with van der Waals surface area (Å²) in [5.41, 5.74) is -7.81. The SMILES string of the molecule is O=C(O)C1C2CC(C(=O)N3CCC(c4ccc(C(F)(C(F)(F)F)C(F)(F)F)cc4)(S(=O)(=O)c4ccc(F)cc4)C3)CC21. The van der Waals surface area contributed by atoms with Gasteiger partial charge in [0.2, 0.25) is 5.91 Å².